The number of para-hydroxylation sites is 1. The Labute approximate surface area is 115 Å². The van der Waals surface area contributed by atoms with Gasteiger partial charge in [-0.05, 0) is 24.0 Å². The highest BCUT2D eigenvalue weighted by atomic mass is 16.3. The molecule has 19 heavy (non-hydrogen) atoms. The Kier molecular flexibility index (Phi) is 4.99. The summed E-state index contributed by atoms with van der Waals surface area (Å²) in [5.41, 5.74) is 3.36. The standard InChI is InChI=1S/C17H21NO/c1-14(15-7-3-2-4-8-15)11-12-18-17-10-6-5-9-16(17)13-19/h2-10,14,18-19H,11-13H2,1H3. The highest BCUT2D eigenvalue weighted by Crippen LogP contribution is 2.20. The molecule has 0 bridgehead atoms. The molecule has 2 nitrogen and oxygen atoms in total. The molecule has 0 aromatic heterocycles. The topological polar surface area (TPSA) is 32.3 Å². The maximum atomic E-state index is 9.26. The third-order valence-electron chi connectivity index (χ3n) is 3.45. The fraction of sp³-hybridized carbons (Fsp3) is 0.294. The van der Waals surface area contributed by atoms with Crippen LogP contribution in [0.3, 0.4) is 0 Å². The first-order valence-corrected chi connectivity index (χ1v) is 6.79. The molecule has 0 spiro atoms. The zero-order chi connectivity index (χ0) is 13.5. The largest absolute Gasteiger partial charge is 0.392 e. The summed E-state index contributed by atoms with van der Waals surface area (Å²) in [6.07, 6.45) is 1.07. The fourth-order valence-corrected chi connectivity index (χ4v) is 2.20. The zero-order valence-corrected chi connectivity index (χ0v) is 11.3. The Balaban J connectivity index is 1.87. The molecular formula is C17H21NO. The summed E-state index contributed by atoms with van der Waals surface area (Å²) in [6.45, 7) is 3.24. The van der Waals surface area contributed by atoms with E-state index in [4.69, 9.17) is 0 Å². The minimum Gasteiger partial charge on any atom is -0.392 e. The van der Waals surface area contributed by atoms with Gasteiger partial charge >= 0.3 is 0 Å². The second-order valence-corrected chi connectivity index (χ2v) is 4.84. The molecule has 0 aliphatic rings. The summed E-state index contributed by atoms with van der Waals surface area (Å²) in [4.78, 5) is 0. The molecule has 2 N–H and O–H groups in total. The lowest BCUT2D eigenvalue weighted by atomic mass is 9.98. The van der Waals surface area contributed by atoms with E-state index in [0.29, 0.717) is 5.92 Å². The number of aliphatic hydroxyl groups is 1. The Morgan fingerprint density at radius 3 is 2.42 bits per heavy atom. The minimum atomic E-state index is 0.0808. The number of anilines is 1. The summed E-state index contributed by atoms with van der Waals surface area (Å²) in [6, 6.07) is 18.5. The molecule has 0 aliphatic carbocycles. The molecule has 0 radical (unpaired) electrons. The van der Waals surface area contributed by atoms with E-state index in [-0.39, 0.29) is 6.61 Å². The summed E-state index contributed by atoms with van der Waals surface area (Å²) in [5.74, 6) is 0.537. The molecular weight excluding hydrogens is 234 g/mol. The molecule has 0 heterocycles. The molecule has 2 rings (SSSR count). The Hall–Kier alpha value is -1.80. The van der Waals surface area contributed by atoms with E-state index in [2.05, 4.69) is 36.5 Å². The van der Waals surface area contributed by atoms with Crippen LogP contribution in [0.2, 0.25) is 0 Å². The molecule has 0 saturated heterocycles. The lowest BCUT2D eigenvalue weighted by molar-refractivity contribution is 0.282. The van der Waals surface area contributed by atoms with Crippen molar-refractivity contribution >= 4 is 5.69 Å². The monoisotopic (exact) mass is 255 g/mol. The van der Waals surface area contributed by atoms with Gasteiger partial charge in [0.25, 0.3) is 0 Å². The molecule has 2 heteroatoms. The second-order valence-electron chi connectivity index (χ2n) is 4.84. The molecule has 0 fully saturated rings. The van der Waals surface area contributed by atoms with Gasteiger partial charge in [0, 0.05) is 17.8 Å². The maximum absolute atomic E-state index is 9.26. The van der Waals surface area contributed by atoms with Gasteiger partial charge in [0.05, 0.1) is 6.61 Å². The van der Waals surface area contributed by atoms with Gasteiger partial charge in [0.15, 0.2) is 0 Å². The van der Waals surface area contributed by atoms with Crippen molar-refractivity contribution in [2.45, 2.75) is 25.9 Å². The van der Waals surface area contributed by atoms with Crippen LogP contribution in [0.15, 0.2) is 54.6 Å². The Morgan fingerprint density at radius 1 is 1.00 bits per heavy atom. The van der Waals surface area contributed by atoms with E-state index in [0.717, 1.165) is 24.2 Å². The first-order valence-electron chi connectivity index (χ1n) is 6.79. The van der Waals surface area contributed by atoms with Gasteiger partial charge < -0.3 is 10.4 Å². The van der Waals surface area contributed by atoms with E-state index in [1.54, 1.807) is 0 Å². The van der Waals surface area contributed by atoms with Crippen molar-refractivity contribution in [2.24, 2.45) is 0 Å². The highest BCUT2D eigenvalue weighted by Gasteiger charge is 2.05. The van der Waals surface area contributed by atoms with Crippen LogP contribution in [0.25, 0.3) is 0 Å². The average Bonchev–Trinajstić information content (AvgIpc) is 2.48. The SMILES string of the molecule is CC(CCNc1ccccc1CO)c1ccccc1. The number of aliphatic hydroxyl groups excluding tert-OH is 1. The predicted molar refractivity (Wildman–Crippen MR) is 80.3 cm³/mol. The molecule has 0 saturated carbocycles. The minimum absolute atomic E-state index is 0.0808. The Bertz CT molecular complexity index is 496. The van der Waals surface area contributed by atoms with Crippen LogP contribution in [-0.4, -0.2) is 11.7 Å². The highest BCUT2D eigenvalue weighted by molar-refractivity contribution is 5.50. The lowest BCUT2D eigenvalue weighted by Gasteiger charge is -2.14. The van der Waals surface area contributed by atoms with Crippen LogP contribution in [0.5, 0.6) is 0 Å². The first kappa shape index (κ1) is 13.6. The van der Waals surface area contributed by atoms with Gasteiger partial charge in [-0.3, -0.25) is 0 Å². The van der Waals surface area contributed by atoms with Crippen molar-refractivity contribution in [1.29, 1.82) is 0 Å². The Morgan fingerprint density at radius 2 is 1.68 bits per heavy atom. The van der Waals surface area contributed by atoms with E-state index in [1.807, 2.05) is 30.3 Å². The van der Waals surface area contributed by atoms with Gasteiger partial charge in [0.1, 0.15) is 0 Å². The van der Waals surface area contributed by atoms with Gasteiger partial charge in [-0.15, -0.1) is 0 Å². The quantitative estimate of drug-likeness (QED) is 0.823. The van der Waals surface area contributed by atoms with Crippen molar-refractivity contribution < 1.29 is 5.11 Å². The second kappa shape index (κ2) is 6.95. The van der Waals surface area contributed by atoms with E-state index in [9.17, 15) is 5.11 Å². The maximum Gasteiger partial charge on any atom is 0.0701 e. The van der Waals surface area contributed by atoms with Crippen molar-refractivity contribution in [3.05, 3.63) is 65.7 Å². The number of rotatable bonds is 6. The van der Waals surface area contributed by atoms with Crippen LogP contribution in [0, 0.1) is 0 Å². The first-order chi connectivity index (χ1) is 9.31. The van der Waals surface area contributed by atoms with Crippen LogP contribution in [-0.2, 0) is 6.61 Å². The third-order valence-corrected chi connectivity index (χ3v) is 3.45. The van der Waals surface area contributed by atoms with Crippen molar-refractivity contribution in [3.8, 4) is 0 Å². The summed E-state index contributed by atoms with van der Waals surface area (Å²) in [5, 5.41) is 12.7. The number of benzene rings is 2. The third kappa shape index (κ3) is 3.83. The van der Waals surface area contributed by atoms with Crippen LogP contribution < -0.4 is 5.32 Å². The molecule has 2 aromatic carbocycles. The molecule has 100 valence electrons. The predicted octanol–water partition coefficient (Wildman–Crippen LogP) is 3.78. The van der Waals surface area contributed by atoms with Gasteiger partial charge in [0.2, 0.25) is 0 Å². The van der Waals surface area contributed by atoms with Crippen molar-refractivity contribution in [3.63, 3.8) is 0 Å². The summed E-state index contributed by atoms with van der Waals surface area (Å²) >= 11 is 0. The zero-order valence-electron chi connectivity index (χ0n) is 11.3. The summed E-state index contributed by atoms with van der Waals surface area (Å²) in [7, 11) is 0. The normalized spacial score (nSPS) is 12.1. The van der Waals surface area contributed by atoms with Gasteiger partial charge in [-0.1, -0.05) is 55.5 Å². The van der Waals surface area contributed by atoms with E-state index < -0.39 is 0 Å². The summed E-state index contributed by atoms with van der Waals surface area (Å²) < 4.78 is 0. The van der Waals surface area contributed by atoms with Crippen LogP contribution in [0.4, 0.5) is 5.69 Å². The van der Waals surface area contributed by atoms with Crippen molar-refractivity contribution in [1.82, 2.24) is 0 Å². The molecule has 1 atom stereocenters. The average molecular weight is 255 g/mol. The van der Waals surface area contributed by atoms with Crippen molar-refractivity contribution in [2.75, 3.05) is 11.9 Å². The number of hydrogen-bond donors (Lipinski definition) is 2. The molecule has 0 amide bonds. The molecule has 2 aromatic rings. The fourth-order valence-electron chi connectivity index (χ4n) is 2.20. The van der Waals surface area contributed by atoms with Crippen LogP contribution in [0.1, 0.15) is 30.4 Å². The smallest absolute Gasteiger partial charge is 0.0701 e. The van der Waals surface area contributed by atoms with Gasteiger partial charge in [-0.25, -0.2) is 0 Å². The van der Waals surface area contributed by atoms with E-state index >= 15 is 0 Å². The number of nitrogens with one attached hydrogen (secondary N) is 1. The number of hydrogen-bond acceptors (Lipinski definition) is 2. The lowest BCUT2D eigenvalue weighted by Crippen LogP contribution is -2.07. The molecule has 1 unspecified atom stereocenters. The molecule has 0 aliphatic heterocycles. The van der Waals surface area contributed by atoms with Gasteiger partial charge in [-0.2, -0.15) is 0 Å². The van der Waals surface area contributed by atoms with E-state index in [1.165, 1.54) is 5.56 Å². The van der Waals surface area contributed by atoms with Crippen LogP contribution >= 0.6 is 0 Å².